The lowest BCUT2D eigenvalue weighted by Crippen LogP contribution is -2.15. The number of carbonyl (C=O) groups excluding carboxylic acids is 1. The molecule has 0 heterocycles. The van der Waals surface area contributed by atoms with Crippen LogP contribution in [0.15, 0.2) is 47.4 Å². The Morgan fingerprint density at radius 2 is 1.96 bits per heavy atom. The number of aryl methyl sites for hydroxylation is 2. The highest BCUT2D eigenvalue weighted by Gasteiger charge is 2.12. The number of amides is 1. The average Bonchev–Trinajstić information content (AvgIpc) is 2.50. The quantitative estimate of drug-likeness (QED) is 0.781. The maximum absolute atomic E-state index is 12.4. The molecule has 6 heteroatoms. The van der Waals surface area contributed by atoms with Gasteiger partial charge in [-0.1, -0.05) is 29.8 Å². The van der Waals surface area contributed by atoms with Crippen molar-refractivity contribution in [3.8, 4) is 5.75 Å². The SMILES string of the molecule is Cc1ccc(C)c(SCC(=O)Nc2ccccc2OC(F)F)c1. The Hall–Kier alpha value is -2.08. The summed E-state index contributed by atoms with van der Waals surface area (Å²) in [5.41, 5.74) is 2.45. The zero-order valence-electron chi connectivity index (χ0n) is 12.8. The van der Waals surface area contributed by atoms with Crippen LogP contribution in [0.5, 0.6) is 5.75 Å². The molecule has 0 atom stereocenters. The summed E-state index contributed by atoms with van der Waals surface area (Å²) in [7, 11) is 0. The zero-order chi connectivity index (χ0) is 16.8. The molecule has 0 aromatic heterocycles. The Morgan fingerprint density at radius 3 is 2.70 bits per heavy atom. The van der Waals surface area contributed by atoms with Crippen LogP contribution in [0.1, 0.15) is 11.1 Å². The predicted molar refractivity (Wildman–Crippen MR) is 88.3 cm³/mol. The number of hydrogen-bond acceptors (Lipinski definition) is 3. The lowest BCUT2D eigenvalue weighted by atomic mass is 10.2. The topological polar surface area (TPSA) is 38.3 Å². The number of para-hydroxylation sites is 2. The van der Waals surface area contributed by atoms with Crippen molar-refractivity contribution < 1.29 is 18.3 Å². The fourth-order valence-electron chi connectivity index (χ4n) is 1.96. The van der Waals surface area contributed by atoms with Gasteiger partial charge in [0, 0.05) is 4.90 Å². The summed E-state index contributed by atoms with van der Waals surface area (Å²) in [4.78, 5) is 13.1. The molecule has 0 bridgehead atoms. The van der Waals surface area contributed by atoms with Gasteiger partial charge < -0.3 is 10.1 Å². The number of anilines is 1. The molecule has 2 aromatic carbocycles. The van der Waals surface area contributed by atoms with Gasteiger partial charge in [0.25, 0.3) is 0 Å². The number of benzene rings is 2. The van der Waals surface area contributed by atoms with Gasteiger partial charge in [-0.3, -0.25) is 4.79 Å². The summed E-state index contributed by atoms with van der Waals surface area (Å²) in [6, 6.07) is 12.2. The molecule has 1 amide bonds. The van der Waals surface area contributed by atoms with Gasteiger partial charge in [0.2, 0.25) is 5.91 Å². The van der Waals surface area contributed by atoms with Crippen LogP contribution in [-0.2, 0) is 4.79 Å². The fourth-order valence-corrected chi connectivity index (χ4v) is 2.88. The lowest BCUT2D eigenvalue weighted by Gasteiger charge is -2.12. The van der Waals surface area contributed by atoms with Crippen LogP contribution >= 0.6 is 11.8 Å². The number of thioether (sulfide) groups is 1. The van der Waals surface area contributed by atoms with Gasteiger partial charge in [-0.25, -0.2) is 0 Å². The second-order valence-electron chi connectivity index (χ2n) is 4.98. The maximum atomic E-state index is 12.4. The number of halogens is 2. The highest BCUT2D eigenvalue weighted by molar-refractivity contribution is 8.00. The van der Waals surface area contributed by atoms with Crippen molar-refractivity contribution in [1.82, 2.24) is 0 Å². The summed E-state index contributed by atoms with van der Waals surface area (Å²) in [5, 5.41) is 2.60. The van der Waals surface area contributed by atoms with Crippen LogP contribution in [0.25, 0.3) is 0 Å². The molecule has 0 saturated heterocycles. The number of alkyl halides is 2. The van der Waals surface area contributed by atoms with E-state index in [0.717, 1.165) is 16.0 Å². The van der Waals surface area contributed by atoms with Crippen LogP contribution in [0.3, 0.4) is 0 Å². The van der Waals surface area contributed by atoms with Crippen LogP contribution in [0.2, 0.25) is 0 Å². The molecule has 0 unspecified atom stereocenters. The minimum Gasteiger partial charge on any atom is -0.433 e. The van der Waals surface area contributed by atoms with Crippen molar-refractivity contribution in [1.29, 1.82) is 0 Å². The predicted octanol–water partition coefficient (Wildman–Crippen LogP) is 4.64. The third kappa shape index (κ3) is 5.25. The second-order valence-corrected chi connectivity index (χ2v) is 6.00. The number of carbonyl (C=O) groups is 1. The van der Waals surface area contributed by atoms with Crippen molar-refractivity contribution in [3.63, 3.8) is 0 Å². The summed E-state index contributed by atoms with van der Waals surface area (Å²) in [5.74, 6) is -0.137. The molecule has 0 radical (unpaired) electrons. The second kappa shape index (κ2) is 7.97. The van der Waals surface area contributed by atoms with Crippen molar-refractivity contribution in [3.05, 3.63) is 53.6 Å². The number of rotatable bonds is 6. The van der Waals surface area contributed by atoms with E-state index >= 15 is 0 Å². The number of nitrogens with one attached hydrogen (secondary N) is 1. The molecule has 23 heavy (non-hydrogen) atoms. The Bertz CT molecular complexity index is 692. The first-order chi connectivity index (χ1) is 11.0. The third-order valence-electron chi connectivity index (χ3n) is 3.08. The Kier molecular flexibility index (Phi) is 5.98. The molecule has 1 N–H and O–H groups in total. The zero-order valence-corrected chi connectivity index (χ0v) is 13.6. The Balaban J connectivity index is 1.99. The van der Waals surface area contributed by atoms with Crippen molar-refractivity contribution in [2.75, 3.05) is 11.1 Å². The largest absolute Gasteiger partial charge is 0.433 e. The molecule has 3 nitrogen and oxygen atoms in total. The summed E-state index contributed by atoms with van der Waals surface area (Å²) in [6.07, 6.45) is 0. The molecule has 0 aliphatic carbocycles. The van der Waals surface area contributed by atoms with Crippen LogP contribution in [-0.4, -0.2) is 18.3 Å². The first kappa shape index (κ1) is 17.3. The van der Waals surface area contributed by atoms with E-state index < -0.39 is 6.61 Å². The van der Waals surface area contributed by atoms with Gasteiger partial charge >= 0.3 is 6.61 Å². The highest BCUT2D eigenvalue weighted by Crippen LogP contribution is 2.27. The van der Waals surface area contributed by atoms with E-state index in [1.807, 2.05) is 32.0 Å². The van der Waals surface area contributed by atoms with Gasteiger partial charge in [0.05, 0.1) is 11.4 Å². The van der Waals surface area contributed by atoms with Crippen LogP contribution < -0.4 is 10.1 Å². The van der Waals surface area contributed by atoms with Crippen molar-refractivity contribution in [2.45, 2.75) is 25.4 Å². The molecular formula is C17H17F2NO2S. The van der Waals surface area contributed by atoms with E-state index in [4.69, 9.17) is 0 Å². The van der Waals surface area contributed by atoms with Gasteiger partial charge in [-0.05, 0) is 37.6 Å². The fraction of sp³-hybridized carbons (Fsp3) is 0.235. The van der Waals surface area contributed by atoms with Gasteiger partial charge in [-0.15, -0.1) is 11.8 Å². The van der Waals surface area contributed by atoms with E-state index in [9.17, 15) is 13.6 Å². The molecule has 2 rings (SSSR count). The number of hydrogen-bond donors (Lipinski definition) is 1. The molecule has 122 valence electrons. The summed E-state index contributed by atoms with van der Waals surface area (Å²) >= 11 is 1.41. The van der Waals surface area contributed by atoms with Crippen molar-refractivity contribution in [2.24, 2.45) is 0 Å². The molecule has 0 aliphatic heterocycles. The minimum atomic E-state index is -2.93. The van der Waals surface area contributed by atoms with E-state index in [0.29, 0.717) is 0 Å². The molecule has 2 aromatic rings. The average molecular weight is 337 g/mol. The van der Waals surface area contributed by atoms with Gasteiger partial charge in [0.1, 0.15) is 5.75 Å². The van der Waals surface area contributed by atoms with Crippen molar-refractivity contribution >= 4 is 23.4 Å². The Labute approximate surface area is 138 Å². The lowest BCUT2D eigenvalue weighted by molar-refractivity contribution is -0.113. The summed E-state index contributed by atoms with van der Waals surface area (Å²) in [6.45, 7) is 1.03. The van der Waals surface area contributed by atoms with E-state index in [2.05, 4.69) is 10.1 Å². The molecular weight excluding hydrogens is 320 g/mol. The highest BCUT2D eigenvalue weighted by atomic mass is 32.2. The van der Waals surface area contributed by atoms with E-state index in [1.165, 1.54) is 23.9 Å². The number of ether oxygens (including phenoxy) is 1. The van der Waals surface area contributed by atoms with Gasteiger partial charge in [-0.2, -0.15) is 8.78 Å². The monoisotopic (exact) mass is 337 g/mol. The third-order valence-corrected chi connectivity index (χ3v) is 4.24. The molecule has 0 aliphatic rings. The molecule has 0 saturated carbocycles. The smallest absolute Gasteiger partial charge is 0.387 e. The standard InChI is InChI=1S/C17H17F2NO2S/c1-11-7-8-12(2)15(9-11)23-10-16(21)20-13-5-3-4-6-14(13)22-17(18)19/h3-9,17H,10H2,1-2H3,(H,20,21). The van der Waals surface area contributed by atoms with Crippen LogP contribution in [0.4, 0.5) is 14.5 Å². The molecule has 0 fully saturated rings. The van der Waals surface area contributed by atoms with E-state index in [-0.39, 0.29) is 23.1 Å². The van der Waals surface area contributed by atoms with E-state index in [1.54, 1.807) is 12.1 Å². The van der Waals surface area contributed by atoms with Crippen LogP contribution in [0, 0.1) is 13.8 Å². The normalized spacial score (nSPS) is 10.7. The summed E-state index contributed by atoms with van der Waals surface area (Å²) < 4.78 is 29.1. The Morgan fingerprint density at radius 1 is 1.22 bits per heavy atom. The minimum absolute atomic E-state index is 0.0485. The van der Waals surface area contributed by atoms with Gasteiger partial charge in [0.15, 0.2) is 0 Å². The first-order valence-corrected chi connectivity index (χ1v) is 7.98. The molecule has 0 spiro atoms. The first-order valence-electron chi connectivity index (χ1n) is 6.99. The maximum Gasteiger partial charge on any atom is 0.387 e.